The number of amides is 2. The lowest BCUT2D eigenvalue weighted by Crippen LogP contribution is -2.27. The van der Waals surface area contributed by atoms with Crippen molar-refractivity contribution < 1.29 is 27.5 Å². The Kier molecular flexibility index (Phi) is 6.55. The Balaban J connectivity index is 2.11. The highest BCUT2D eigenvalue weighted by atomic mass is 19.4. The van der Waals surface area contributed by atoms with Crippen LogP contribution >= 0.6 is 0 Å². The Morgan fingerprint density at radius 2 is 1.96 bits per heavy atom. The summed E-state index contributed by atoms with van der Waals surface area (Å²) in [4.78, 5) is 31.4. The van der Waals surface area contributed by atoms with Crippen LogP contribution in [0.15, 0.2) is 30.5 Å². The minimum absolute atomic E-state index is 0.176. The van der Waals surface area contributed by atoms with Gasteiger partial charge in [0.25, 0.3) is 5.91 Å². The second kappa shape index (κ2) is 8.68. The molecule has 0 fully saturated rings. The summed E-state index contributed by atoms with van der Waals surface area (Å²) < 4.78 is 41.7. The van der Waals surface area contributed by atoms with Gasteiger partial charge in [0.15, 0.2) is 6.61 Å². The van der Waals surface area contributed by atoms with E-state index in [0.29, 0.717) is 11.3 Å². The fourth-order valence-electron chi connectivity index (χ4n) is 2.33. The van der Waals surface area contributed by atoms with E-state index in [-0.39, 0.29) is 23.2 Å². The van der Waals surface area contributed by atoms with Gasteiger partial charge in [-0.2, -0.15) is 13.2 Å². The van der Waals surface area contributed by atoms with Crippen LogP contribution < -0.4 is 15.4 Å². The van der Waals surface area contributed by atoms with Crippen molar-refractivity contribution in [3.8, 4) is 5.88 Å². The molecule has 1 unspecified atom stereocenters. The fraction of sp³-hybridized carbons (Fsp3) is 0.333. The van der Waals surface area contributed by atoms with Gasteiger partial charge in [0, 0.05) is 30.4 Å². The lowest BCUT2D eigenvalue weighted by molar-refractivity contribution is -0.154. The maximum absolute atomic E-state index is 12.4. The zero-order valence-corrected chi connectivity index (χ0v) is 15.4. The highest BCUT2D eigenvalue weighted by Gasteiger charge is 2.28. The number of hydrogen-bond donors (Lipinski definition) is 2. The average Bonchev–Trinajstić information content (AvgIpc) is 2.58. The number of rotatable bonds is 6. The molecule has 2 aromatic heterocycles. The van der Waals surface area contributed by atoms with Gasteiger partial charge in [-0.15, -0.1) is 0 Å². The largest absolute Gasteiger partial charge is 0.468 e. The first-order valence-corrected chi connectivity index (χ1v) is 8.26. The molecule has 28 heavy (non-hydrogen) atoms. The van der Waals surface area contributed by atoms with E-state index < -0.39 is 24.7 Å². The van der Waals surface area contributed by atoms with Gasteiger partial charge in [-0.05, 0) is 37.6 Å². The highest BCUT2D eigenvalue weighted by molar-refractivity contribution is 5.96. The molecule has 2 heterocycles. The number of carbonyl (C=O) groups excluding carboxylic acids is 2. The molecule has 2 rings (SSSR count). The van der Waals surface area contributed by atoms with Crippen molar-refractivity contribution in [2.24, 2.45) is 0 Å². The molecule has 2 N–H and O–H groups in total. The van der Waals surface area contributed by atoms with E-state index in [1.807, 2.05) is 0 Å². The van der Waals surface area contributed by atoms with Crippen molar-refractivity contribution in [3.05, 3.63) is 47.3 Å². The van der Waals surface area contributed by atoms with Crippen molar-refractivity contribution in [2.45, 2.75) is 33.0 Å². The second-order valence-corrected chi connectivity index (χ2v) is 6.09. The van der Waals surface area contributed by atoms with Crippen LogP contribution in [0.25, 0.3) is 0 Å². The average molecular weight is 396 g/mol. The monoisotopic (exact) mass is 396 g/mol. The summed E-state index contributed by atoms with van der Waals surface area (Å²) in [6, 6.07) is 5.35. The predicted octanol–water partition coefficient (Wildman–Crippen LogP) is 3.18. The van der Waals surface area contributed by atoms with Crippen LogP contribution in [0.3, 0.4) is 0 Å². The van der Waals surface area contributed by atoms with Crippen molar-refractivity contribution >= 4 is 17.6 Å². The second-order valence-electron chi connectivity index (χ2n) is 6.09. The van der Waals surface area contributed by atoms with Crippen molar-refractivity contribution in [1.82, 2.24) is 15.3 Å². The first kappa shape index (κ1) is 21.1. The normalized spacial score (nSPS) is 12.2. The maximum atomic E-state index is 12.4. The molecule has 10 heteroatoms. The van der Waals surface area contributed by atoms with Crippen LogP contribution in [0.2, 0.25) is 0 Å². The number of hydrogen-bond acceptors (Lipinski definition) is 5. The van der Waals surface area contributed by atoms with Gasteiger partial charge in [0.05, 0.1) is 6.04 Å². The summed E-state index contributed by atoms with van der Waals surface area (Å²) in [5.41, 5.74) is 1.26. The van der Waals surface area contributed by atoms with Crippen LogP contribution in [0, 0.1) is 6.92 Å². The van der Waals surface area contributed by atoms with E-state index >= 15 is 0 Å². The molecule has 2 aromatic rings. The third-order valence-corrected chi connectivity index (χ3v) is 3.51. The smallest absolute Gasteiger partial charge is 0.422 e. The SMILES string of the molecule is CC(=O)Nc1cc(C(=O)NC(C)c2cc(C)nc(OCC(F)(F)F)c2)ccn1. The highest BCUT2D eigenvalue weighted by Crippen LogP contribution is 2.22. The molecule has 0 saturated heterocycles. The number of aryl methyl sites for hydroxylation is 1. The van der Waals surface area contributed by atoms with Gasteiger partial charge >= 0.3 is 6.18 Å². The minimum Gasteiger partial charge on any atom is -0.468 e. The Labute approximate surface area is 159 Å². The number of halogens is 3. The number of nitrogens with zero attached hydrogens (tertiary/aromatic N) is 2. The molecular weight excluding hydrogens is 377 g/mol. The molecule has 0 aromatic carbocycles. The first-order chi connectivity index (χ1) is 13.0. The molecule has 0 aliphatic carbocycles. The van der Waals surface area contributed by atoms with Gasteiger partial charge in [-0.1, -0.05) is 0 Å². The van der Waals surface area contributed by atoms with Crippen LogP contribution in [0.5, 0.6) is 5.88 Å². The molecule has 0 aliphatic rings. The number of nitrogens with one attached hydrogen (secondary N) is 2. The van der Waals surface area contributed by atoms with E-state index in [2.05, 4.69) is 25.3 Å². The summed E-state index contributed by atoms with van der Waals surface area (Å²) in [6.45, 7) is 3.16. The number of anilines is 1. The number of aromatic nitrogens is 2. The first-order valence-electron chi connectivity index (χ1n) is 8.26. The van der Waals surface area contributed by atoms with E-state index in [4.69, 9.17) is 0 Å². The molecule has 2 amide bonds. The third kappa shape index (κ3) is 6.53. The zero-order chi connectivity index (χ0) is 20.9. The quantitative estimate of drug-likeness (QED) is 0.782. The number of ether oxygens (including phenoxy) is 1. The Bertz CT molecular complexity index is 871. The van der Waals surface area contributed by atoms with Crippen LogP contribution in [-0.2, 0) is 4.79 Å². The molecule has 1 atom stereocenters. The summed E-state index contributed by atoms with van der Waals surface area (Å²) in [6.07, 6.45) is -3.09. The van der Waals surface area contributed by atoms with Crippen LogP contribution in [-0.4, -0.2) is 34.6 Å². The molecule has 150 valence electrons. The molecule has 0 bridgehead atoms. The Morgan fingerprint density at radius 1 is 1.25 bits per heavy atom. The molecule has 7 nitrogen and oxygen atoms in total. The predicted molar refractivity (Wildman–Crippen MR) is 94.9 cm³/mol. The van der Waals surface area contributed by atoms with E-state index in [1.54, 1.807) is 19.9 Å². The lowest BCUT2D eigenvalue weighted by Gasteiger charge is -2.17. The summed E-state index contributed by atoms with van der Waals surface area (Å²) in [5, 5.41) is 5.21. The standard InChI is InChI=1S/C18H19F3N4O3/c1-10-6-14(8-16(23-10)28-9-18(19,20)21)11(2)24-17(27)13-4-5-22-15(7-13)25-12(3)26/h4-8,11H,9H2,1-3H3,(H,24,27)(H,22,25,26). The van der Waals surface area contributed by atoms with Gasteiger partial charge in [-0.3, -0.25) is 9.59 Å². The number of pyridine rings is 2. The van der Waals surface area contributed by atoms with Crippen molar-refractivity contribution in [1.29, 1.82) is 0 Å². The molecule has 0 saturated carbocycles. The van der Waals surface area contributed by atoms with Crippen LogP contribution in [0.4, 0.5) is 19.0 Å². The lowest BCUT2D eigenvalue weighted by atomic mass is 10.1. The van der Waals surface area contributed by atoms with Crippen molar-refractivity contribution in [2.75, 3.05) is 11.9 Å². The Morgan fingerprint density at radius 3 is 2.61 bits per heavy atom. The molecular formula is C18H19F3N4O3. The number of alkyl halides is 3. The molecule has 0 aliphatic heterocycles. The minimum atomic E-state index is -4.47. The topological polar surface area (TPSA) is 93.2 Å². The van der Waals surface area contributed by atoms with E-state index in [9.17, 15) is 22.8 Å². The third-order valence-electron chi connectivity index (χ3n) is 3.51. The van der Waals surface area contributed by atoms with E-state index in [1.165, 1.54) is 31.3 Å². The summed E-state index contributed by atoms with van der Waals surface area (Å²) in [7, 11) is 0. The van der Waals surface area contributed by atoms with Gasteiger partial charge in [-0.25, -0.2) is 9.97 Å². The maximum Gasteiger partial charge on any atom is 0.422 e. The fourth-order valence-corrected chi connectivity index (χ4v) is 2.33. The van der Waals surface area contributed by atoms with Gasteiger partial charge < -0.3 is 15.4 Å². The Hall–Kier alpha value is -3.17. The number of carbonyl (C=O) groups is 2. The van der Waals surface area contributed by atoms with Gasteiger partial charge in [0.1, 0.15) is 5.82 Å². The van der Waals surface area contributed by atoms with Gasteiger partial charge in [0.2, 0.25) is 11.8 Å². The van der Waals surface area contributed by atoms with E-state index in [0.717, 1.165) is 0 Å². The summed E-state index contributed by atoms with van der Waals surface area (Å²) >= 11 is 0. The molecule has 0 radical (unpaired) electrons. The van der Waals surface area contributed by atoms with Crippen LogP contribution in [0.1, 0.15) is 41.5 Å². The molecule has 0 spiro atoms. The zero-order valence-electron chi connectivity index (χ0n) is 15.4. The van der Waals surface area contributed by atoms with Crippen molar-refractivity contribution in [3.63, 3.8) is 0 Å². The summed E-state index contributed by atoms with van der Waals surface area (Å²) in [5.74, 6) is -0.702.